The zero-order valence-corrected chi connectivity index (χ0v) is 7.41. The second kappa shape index (κ2) is 3.50. The number of hydrogen-bond donors (Lipinski definition) is 1. The lowest BCUT2D eigenvalue weighted by atomic mass is 10.1. The molecular weight excluding hydrogens is 150 g/mol. The Morgan fingerprint density at radius 2 is 2.25 bits per heavy atom. The van der Waals surface area contributed by atoms with Gasteiger partial charge in [-0.1, -0.05) is 12.6 Å². The first-order valence-electron chi connectivity index (χ1n) is 3.91. The largest absolute Gasteiger partial charge is 0.389 e. The van der Waals surface area contributed by atoms with Crippen molar-refractivity contribution >= 4 is 5.57 Å². The molecule has 0 fully saturated rings. The van der Waals surface area contributed by atoms with Crippen molar-refractivity contribution in [2.45, 2.75) is 20.0 Å². The molecule has 0 aromatic carbocycles. The van der Waals surface area contributed by atoms with Gasteiger partial charge in [-0.2, -0.15) is 0 Å². The first-order chi connectivity index (χ1) is 5.61. The van der Waals surface area contributed by atoms with Crippen LogP contribution in [-0.2, 0) is 0 Å². The van der Waals surface area contributed by atoms with E-state index in [4.69, 9.17) is 0 Å². The summed E-state index contributed by atoms with van der Waals surface area (Å²) in [5.41, 5.74) is 2.64. The van der Waals surface area contributed by atoms with Crippen LogP contribution in [0.3, 0.4) is 0 Å². The molecule has 1 unspecified atom stereocenters. The minimum absolute atomic E-state index is 0.448. The van der Waals surface area contributed by atoms with Crippen molar-refractivity contribution in [1.82, 2.24) is 4.98 Å². The topological polar surface area (TPSA) is 33.1 Å². The number of aliphatic hydroxyl groups excluding tert-OH is 1. The van der Waals surface area contributed by atoms with Crippen molar-refractivity contribution in [3.05, 3.63) is 36.2 Å². The van der Waals surface area contributed by atoms with Gasteiger partial charge in [0.25, 0.3) is 0 Å². The van der Waals surface area contributed by atoms with Crippen LogP contribution < -0.4 is 0 Å². The van der Waals surface area contributed by atoms with E-state index in [1.54, 1.807) is 13.1 Å². The summed E-state index contributed by atoms with van der Waals surface area (Å²) in [6, 6.07) is 3.73. The van der Waals surface area contributed by atoms with E-state index in [9.17, 15) is 5.11 Å². The Balaban J connectivity index is 2.93. The molecule has 0 aliphatic heterocycles. The quantitative estimate of drug-likeness (QED) is 0.724. The Kier molecular flexibility index (Phi) is 2.61. The number of pyridine rings is 1. The molecule has 0 radical (unpaired) electrons. The average Bonchev–Trinajstić information content (AvgIpc) is 2.04. The van der Waals surface area contributed by atoms with Crippen molar-refractivity contribution in [1.29, 1.82) is 0 Å². The maximum atomic E-state index is 9.19. The van der Waals surface area contributed by atoms with E-state index >= 15 is 0 Å². The van der Waals surface area contributed by atoms with Crippen LogP contribution in [0.25, 0.3) is 5.57 Å². The van der Waals surface area contributed by atoms with E-state index in [1.807, 2.05) is 19.1 Å². The van der Waals surface area contributed by atoms with Gasteiger partial charge >= 0.3 is 0 Å². The number of hydrogen-bond acceptors (Lipinski definition) is 2. The van der Waals surface area contributed by atoms with Crippen molar-refractivity contribution in [3.8, 4) is 0 Å². The highest BCUT2D eigenvalue weighted by molar-refractivity contribution is 5.57. The van der Waals surface area contributed by atoms with E-state index in [2.05, 4.69) is 11.6 Å². The molecular formula is C10H13NO. The van der Waals surface area contributed by atoms with Gasteiger partial charge in [-0.25, -0.2) is 0 Å². The van der Waals surface area contributed by atoms with Crippen molar-refractivity contribution in [2.75, 3.05) is 0 Å². The lowest BCUT2D eigenvalue weighted by Gasteiger charge is -2.04. The predicted molar refractivity (Wildman–Crippen MR) is 49.6 cm³/mol. The molecule has 1 aromatic heterocycles. The Bertz CT molecular complexity index is 274. The second-order valence-electron chi connectivity index (χ2n) is 2.93. The zero-order chi connectivity index (χ0) is 9.14. The number of rotatable bonds is 2. The SMILES string of the molecule is C=C(C)c1ccc(C(C)O)cn1. The number of allylic oxidation sites excluding steroid dienone is 1. The summed E-state index contributed by atoms with van der Waals surface area (Å²) in [6.45, 7) is 7.40. The number of nitrogens with zero attached hydrogens (tertiary/aromatic N) is 1. The molecule has 1 atom stereocenters. The van der Waals surface area contributed by atoms with Crippen molar-refractivity contribution in [3.63, 3.8) is 0 Å². The molecule has 1 N–H and O–H groups in total. The first kappa shape index (κ1) is 8.94. The van der Waals surface area contributed by atoms with Gasteiger partial charge in [0.2, 0.25) is 0 Å². The minimum Gasteiger partial charge on any atom is -0.389 e. The lowest BCUT2D eigenvalue weighted by molar-refractivity contribution is 0.199. The molecule has 2 heteroatoms. The molecule has 1 aromatic rings. The number of aliphatic hydroxyl groups is 1. The highest BCUT2D eigenvalue weighted by Crippen LogP contribution is 2.13. The van der Waals surface area contributed by atoms with Crippen LogP contribution >= 0.6 is 0 Å². The molecule has 0 saturated heterocycles. The van der Waals surface area contributed by atoms with Gasteiger partial charge in [0.15, 0.2) is 0 Å². The summed E-state index contributed by atoms with van der Waals surface area (Å²) >= 11 is 0. The molecule has 12 heavy (non-hydrogen) atoms. The van der Waals surface area contributed by atoms with E-state index < -0.39 is 6.10 Å². The first-order valence-corrected chi connectivity index (χ1v) is 3.91. The summed E-state index contributed by atoms with van der Waals surface area (Å²) in [5.74, 6) is 0. The van der Waals surface area contributed by atoms with Gasteiger partial charge in [0.1, 0.15) is 0 Å². The minimum atomic E-state index is -0.448. The summed E-state index contributed by atoms with van der Waals surface area (Å²) in [4.78, 5) is 4.14. The fraction of sp³-hybridized carbons (Fsp3) is 0.300. The second-order valence-corrected chi connectivity index (χ2v) is 2.93. The molecule has 0 saturated carbocycles. The summed E-state index contributed by atoms with van der Waals surface area (Å²) in [5, 5.41) is 9.19. The van der Waals surface area contributed by atoms with Gasteiger partial charge in [0.05, 0.1) is 11.8 Å². The van der Waals surface area contributed by atoms with Gasteiger partial charge in [-0.3, -0.25) is 4.98 Å². The van der Waals surface area contributed by atoms with Crippen LogP contribution in [0.2, 0.25) is 0 Å². The third-order valence-corrected chi connectivity index (χ3v) is 1.71. The summed E-state index contributed by atoms with van der Waals surface area (Å²) in [6.07, 6.45) is 1.23. The summed E-state index contributed by atoms with van der Waals surface area (Å²) < 4.78 is 0. The van der Waals surface area contributed by atoms with Gasteiger partial charge in [0, 0.05) is 6.20 Å². The highest BCUT2D eigenvalue weighted by atomic mass is 16.3. The van der Waals surface area contributed by atoms with E-state index in [1.165, 1.54) is 0 Å². The Morgan fingerprint density at radius 3 is 2.58 bits per heavy atom. The van der Waals surface area contributed by atoms with E-state index in [0.717, 1.165) is 16.8 Å². The van der Waals surface area contributed by atoms with Crippen molar-refractivity contribution < 1.29 is 5.11 Å². The highest BCUT2D eigenvalue weighted by Gasteiger charge is 2.00. The predicted octanol–water partition coefficient (Wildman–Crippen LogP) is 2.17. The van der Waals surface area contributed by atoms with Crippen LogP contribution in [0.4, 0.5) is 0 Å². The zero-order valence-electron chi connectivity index (χ0n) is 7.41. The van der Waals surface area contributed by atoms with Gasteiger partial charge in [-0.05, 0) is 31.1 Å². The van der Waals surface area contributed by atoms with Crippen LogP contribution in [0, 0.1) is 0 Å². The molecule has 0 aliphatic carbocycles. The monoisotopic (exact) mass is 163 g/mol. The maximum Gasteiger partial charge on any atom is 0.0776 e. The fourth-order valence-electron chi connectivity index (χ4n) is 0.905. The Labute approximate surface area is 72.6 Å². The molecule has 64 valence electrons. The summed E-state index contributed by atoms with van der Waals surface area (Å²) in [7, 11) is 0. The van der Waals surface area contributed by atoms with Crippen LogP contribution in [0.15, 0.2) is 24.9 Å². The third-order valence-electron chi connectivity index (χ3n) is 1.71. The van der Waals surface area contributed by atoms with Gasteiger partial charge in [-0.15, -0.1) is 0 Å². The molecule has 0 amide bonds. The molecule has 0 bridgehead atoms. The lowest BCUT2D eigenvalue weighted by Crippen LogP contribution is -1.93. The molecule has 1 rings (SSSR count). The Hall–Kier alpha value is -1.15. The van der Waals surface area contributed by atoms with Crippen LogP contribution in [0.5, 0.6) is 0 Å². The normalized spacial score (nSPS) is 12.6. The molecule has 2 nitrogen and oxygen atoms in total. The third kappa shape index (κ3) is 1.92. The fourth-order valence-corrected chi connectivity index (χ4v) is 0.905. The molecule has 0 aliphatic rings. The molecule has 0 spiro atoms. The smallest absolute Gasteiger partial charge is 0.0776 e. The number of aromatic nitrogens is 1. The van der Waals surface area contributed by atoms with Crippen LogP contribution in [-0.4, -0.2) is 10.1 Å². The van der Waals surface area contributed by atoms with Gasteiger partial charge < -0.3 is 5.11 Å². The average molecular weight is 163 g/mol. The van der Waals surface area contributed by atoms with Crippen molar-refractivity contribution in [2.24, 2.45) is 0 Å². The Morgan fingerprint density at radius 1 is 1.58 bits per heavy atom. The van der Waals surface area contributed by atoms with Crippen LogP contribution in [0.1, 0.15) is 31.2 Å². The maximum absolute atomic E-state index is 9.19. The van der Waals surface area contributed by atoms with E-state index in [-0.39, 0.29) is 0 Å². The van der Waals surface area contributed by atoms with E-state index in [0.29, 0.717) is 0 Å². The standard InChI is InChI=1S/C10H13NO/c1-7(2)10-5-4-9(6-11-10)8(3)12/h4-6,8,12H,1H2,2-3H3. The molecule has 1 heterocycles.